The number of nitrogens with zero attached hydrogens (tertiary/aromatic N) is 2. The van der Waals surface area contributed by atoms with E-state index < -0.39 is 15.9 Å². The molecule has 7 nitrogen and oxygen atoms in total. The zero-order valence-corrected chi connectivity index (χ0v) is 16.7. The molecule has 1 aromatic heterocycles. The second-order valence-electron chi connectivity index (χ2n) is 6.57. The van der Waals surface area contributed by atoms with Crippen LogP contribution in [-0.2, 0) is 14.8 Å². The first-order valence-corrected chi connectivity index (χ1v) is 10.6. The van der Waals surface area contributed by atoms with Crippen molar-refractivity contribution in [3.05, 3.63) is 54.3 Å². The minimum absolute atomic E-state index is 0.174. The molecule has 0 spiro atoms. The first-order valence-electron chi connectivity index (χ1n) is 9.12. The monoisotopic (exact) mass is 401 g/mol. The van der Waals surface area contributed by atoms with Crippen LogP contribution >= 0.6 is 0 Å². The molecule has 1 amide bonds. The number of rotatable bonds is 8. The lowest BCUT2D eigenvalue weighted by atomic mass is 10.1. The lowest BCUT2D eigenvalue weighted by molar-refractivity contribution is -0.116. The predicted molar refractivity (Wildman–Crippen MR) is 107 cm³/mol. The van der Waals surface area contributed by atoms with Crippen molar-refractivity contribution >= 4 is 32.5 Å². The molecule has 3 rings (SSSR count). The Labute approximate surface area is 164 Å². The van der Waals surface area contributed by atoms with Gasteiger partial charge in [0, 0.05) is 12.6 Å². The highest BCUT2D eigenvalue weighted by molar-refractivity contribution is 7.89. The highest BCUT2D eigenvalue weighted by Crippen LogP contribution is 2.22. The van der Waals surface area contributed by atoms with Gasteiger partial charge in [0.05, 0.1) is 11.4 Å². The number of aryl methyl sites for hydroxylation is 1. The number of carbonyl (C=O) groups excluding carboxylic acids is 1. The van der Waals surface area contributed by atoms with Gasteiger partial charge in [-0.25, -0.2) is 8.42 Å². The topological polar surface area (TPSA) is 92.5 Å². The van der Waals surface area contributed by atoms with Gasteiger partial charge in [0.15, 0.2) is 5.82 Å². The fourth-order valence-corrected chi connectivity index (χ4v) is 4.33. The van der Waals surface area contributed by atoms with Gasteiger partial charge in [-0.2, -0.15) is 4.31 Å². The van der Waals surface area contributed by atoms with Crippen molar-refractivity contribution in [2.75, 3.05) is 18.4 Å². The third-order valence-corrected chi connectivity index (χ3v) is 6.18. The number of hydrogen-bond acceptors (Lipinski definition) is 5. The van der Waals surface area contributed by atoms with Gasteiger partial charge in [-0.3, -0.25) is 4.79 Å². The summed E-state index contributed by atoms with van der Waals surface area (Å²) in [6, 6.07) is 14.1. The number of sulfonamides is 1. The third-order valence-electron chi connectivity index (χ3n) is 4.34. The first kappa shape index (κ1) is 20.0. The quantitative estimate of drug-likeness (QED) is 0.623. The van der Waals surface area contributed by atoms with E-state index in [9.17, 15) is 13.2 Å². The number of hydrogen-bond donors (Lipinski definition) is 1. The number of unbranched alkanes of at least 4 members (excludes halogenated alkanes) is 1. The van der Waals surface area contributed by atoms with Crippen LogP contribution in [0.2, 0.25) is 0 Å². The Hall–Kier alpha value is -2.71. The SMILES string of the molecule is CCCCN(CC(=O)Nc1cc(C)on1)S(=O)(=O)c1ccc2ccccc2c1. The molecule has 0 fully saturated rings. The van der Waals surface area contributed by atoms with Crippen molar-refractivity contribution in [1.82, 2.24) is 9.46 Å². The maximum absolute atomic E-state index is 13.2. The van der Waals surface area contributed by atoms with Crippen molar-refractivity contribution in [2.24, 2.45) is 0 Å². The lowest BCUT2D eigenvalue weighted by Gasteiger charge is -2.21. The summed E-state index contributed by atoms with van der Waals surface area (Å²) >= 11 is 0. The molecule has 3 aromatic rings. The maximum Gasteiger partial charge on any atom is 0.243 e. The summed E-state index contributed by atoms with van der Waals surface area (Å²) in [5.41, 5.74) is 0. The summed E-state index contributed by atoms with van der Waals surface area (Å²) in [6.45, 7) is 3.65. The van der Waals surface area contributed by atoms with Gasteiger partial charge < -0.3 is 9.84 Å². The molecule has 1 N–H and O–H groups in total. The number of fused-ring (bicyclic) bond motifs is 1. The molecule has 0 saturated carbocycles. The zero-order valence-electron chi connectivity index (χ0n) is 15.9. The summed E-state index contributed by atoms with van der Waals surface area (Å²) in [7, 11) is -3.82. The fourth-order valence-electron chi connectivity index (χ4n) is 2.86. The van der Waals surface area contributed by atoms with Gasteiger partial charge in [-0.1, -0.05) is 48.8 Å². The van der Waals surface area contributed by atoms with Crippen LogP contribution in [0.3, 0.4) is 0 Å². The normalized spacial score (nSPS) is 11.8. The average Bonchev–Trinajstić information content (AvgIpc) is 3.09. The smallest absolute Gasteiger partial charge is 0.243 e. The number of aromatic nitrogens is 1. The summed E-state index contributed by atoms with van der Waals surface area (Å²) in [5.74, 6) is 0.358. The second kappa shape index (κ2) is 8.53. The van der Waals surface area contributed by atoms with Gasteiger partial charge in [0.2, 0.25) is 15.9 Å². The van der Waals surface area contributed by atoms with Crippen LogP contribution < -0.4 is 5.32 Å². The largest absolute Gasteiger partial charge is 0.360 e. The molecule has 28 heavy (non-hydrogen) atoms. The van der Waals surface area contributed by atoms with Crippen molar-refractivity contribution in [3.63, 3.8) is 0 Å². The average molecular weight is 401 g/mol. The van der Waals surface area contributed by atoms with E-state index in [1.165, 1.54) is 4.31 Å². The Morgan fingerprint density at radius 3 is 2.57 bits per heavy atom. The molecular weight excluding hydrogens is 378 g/mol. The molecule has 0 atom stereocenters. The Morgan fingerprint density at radius 1 is 1.14 bits per heavy atom. The van der Waals surface area contributed by atoms with E-state index >= 15 is 0 Å². The molecule has 0 unspecified atom stereocenters. The van der Waals surface area contributed by atoms with E-state index in [1.807, 2.05) is 31.2 Å². The molecule has 0 aliphatic heterocycles. The van der Waals surface area contributed by atoms with Gasteiger partial charge in [0.25, 0.3) is 0 Å². The summed E-state index contributed by atoms with van der Waals surface area (Å²) < 4.78 is 32.5. The zero-order chi connectivity index (χ0) is 20.1. The predicted octanol–water partition coefficient (Wildman–Crippen LogP) is 3.57. The molecule has 0 aliphatic carbocycles. The van der Waals surface area contributed by atoms with E-state index in [2.05, 4.69) is 10.5 Å². The Balaban J connectivity index is 1.84. The van der Waals surface area contributed by atoms with Gasteiger partial charge in [0.1, 0.15) is 5.76 Å². The van der Waals surface area contributed by atoms with Crippen LogP contribution in [0.1, 0.15) is 25.5 Å². The molecule has 0 aliphatic rings. The van der Waals surface area contributed by atoms with Crippen LogP contribution in [0.4, 0.5) is 5.82 Å². The highest BCUT2D eigenvalue weighted by Gasteiger charge is 2.26. The van der Waals surface area contributed by atoms with E-state index in [0.29, 0.717) is 12.2 Å². The van der Waals surface area contributed by atoms with E-state index in [0.717, 1.165) is 17.2 Å². The summed E-state index contributed by atoms with van der Waals surface area (Å²) in [4.78, 5) is 12.6. The van der Waals surface area contributed by atoms with Crippen LogP contribution in [-0.4, -0.2) is 36.9 Å². The van der Waals surface area contributed by atoms with Gasteiger partial charge in [-0.05, 0) is 36.2 Å². The van der Waals surface area contributed by atoms with Crippen molar-refractivity contribution in [1.29, 1.82) is 0 Å². The van der Waals surface area contributed by atoms with E-state index in [4.69, 9.17) is 4.52 Å². The number of carbonyl (C=O) groups is 1. The number of benzene rings is 2. The van der Waals surface area contributed by atoms with E-state index in [-0.39, 0.29) is 23.8 Å². The van der Waals surface area contributed by atoms with Crippen LogP contribution in [0.25, 0.3) is 10.8 Å². The molecule has 8 heteroatoms. The third kappa shape index (κ3) is 4.58. The minimum Gasteiger partial charge on any atom is -0.360 e. The maximum atomic E-state index is 13.2. The Bertz CT molecular complexity index is 1080. The first-order chi connectivity index (χ1) is 13.4. The van der Waals surface area contributed by atoms with Crippen molar-refractivity contribution in [2.45, 2.75) is 31.6 Å². The number of nitrogens with one attached hydrogen (secondary N) is 1. The minimum atomic E-state index is -3.82. The number of anilines is 1. The van der Waals surface area contributed by atoms with E-state index in [1.54, 1.807) is 31.2 Å². The standard InChI is InChI=1S/C20H23N3O4S/c1-3-4-11-23(14-20(24)21-19-12-15(2)27-22-19)28(25,26)18-10-9-16-7-5-6-8-17(16)13-18/h5-10,12-13H,3-4,11,14H2,1-2H3,(H,21,22,24). The van der Waals surface area contributed by atoms with Crippen molar-refractivity contribution < 1.29 is 17.7 Å². The fraction of sp³-hybridized carbons (Fsp3) is 0.300. The van der Waals surface area contributed by atoms with Gasteiger partial charge in [-0.15, -0.1) is 0 Å². The van der Waals surface area contributed by atoms with Crippen LogP contribution in [0.5, 0.6) is 0 Å². The Kier molecular flexibility index (Phi) is 6.11. The second-order valence-corrected chi connectivity index (χ2v) is 8.51. The summed E-state index contributed by atoms with van der Waals surface area (Å²) in [5, 5.41) is 8.07. The highest BCUT2D eigenvalue weighted by atomic mass is 32.2. The molecule has 0 bridgehead atoms. The molecule has 2 aromatic carbocycles. The van der Waals surface area contributed by atoms with Crippen LogP contribution in [0, 0.1) is 6.92 Å². The molecule has 0 saturated heterocycles. The van der Waals surface area contributed by atoms with Crippen LogP contribution in [0.15, 0.2) is 57.9 Å². The van der Waals surface area contributed by atoms with Crippen molar-refractivity contribution in [3.8, 4) is 0 Å². The summed E-state index contributed by atoms with van der Waals surface area (Å²) in [6.07, 6.45) is 1.47. The molecule has 1 heterocycles. The Morgan fingerprint density at radius 2 is 1.89 bits per heavy atom. The van der Waals surface area contributed by atoms with Gasteiger partial charge >= 0.3 is 0 Å². The molecular formula is C20H23N3O4S. The number of amides is 1. The molecule has 148 valence electrons. The molecule has 0 radical (unpaired) electrons. The lowest BCUT2D eigenvalue weighted by Crippen LogP contribution is -2.38.